The number of hydrogen-bond donors (Lipinski definition) is 2. The summed E-state index contributed by atoms with van der Waals surface area (Å²) < 4.78 is 2.00. The minimum Gasteiger partial charge on any atom is -0.355 e. The molecule has 1 saturated heterocycles. The molecular formula is C15H20N4O. The van der Waals surface area contributed by atoms with Gasteiger partial charge in [-0.25, -0.2) is 4.98 Å². The SMILES string of the molecule is CC(C(=O)NCCc1cn2ccccc2n1)C1CNC1. The van der Waals surface area contributed by atoms with Crippen molar-refractivity contribution >= 4 is 11.6 Å². The van der Waals surface area contributed by atoms with Crippen molar-refractivity contribution in [2.75, 3.05) is 19.6 Å². The topological polar surface area (TPSA) is 58.4 Å². The Kier molecular flexibility index (Phi) is 3.69. The van der Waals surface area contributed by atoms with Crippen LogP contribution in [0.2, 0.25) is 0 Å². The molecule has 0 aliphatic carbocycles. The van der Waals surface area contributed by atoms with Crippen LogP contribution in [-0.2, 0) is 11.2 Å². The molecule has 0 aromatic carbocycles. The molecule has 0 bridgehead atoms. The quantitative estimate of drug-likeness (QED) is 0.848. The third-order valence-corrected chi connectivity index (χ3v) is 4.03. The molecule has 1 atom stereocenters. The number of aromatic nitrogens is 2. The summed E-state index contributed by atoms with van der Waals surface area (Å²) in [4.78, 5) is 16.5. The van der Waals surface area contributed by atoms with Crippen LogP contribution in [0, 0.1) is 11.8 Å². The Morgan fingerprint density at radius 3 is 3.10 bits per heavy atom. The predicted molar refractivity (Wildman–Crippen MR) is 77.4 cm³/mol. The first-order chi connectivity index (χ1) is 9.74. The van der Waals surface area contributed by atoms with Crippen LogP contribution in [0.25, 0.3) is 5.65 Å². The van der Waals surface area contributed by atoms with E-state index in [4.69, 9.17) is 0 Å². The first kappa shape index (κ1) is 13.1. The fourth-order valence-electron chi connectivity index (χ4n) is 2.46. The van der Waals surface area contributed by atoms with E-state index in [-0.39, 0.29) is 11.8 Å². The zero-order valence-electron chi connectivity index (χ0n) is 11.7. The largest absolute Gasteiger partial charge is 0.355 e. The van der Waals surface area contributed by atoms with Gasteiger partial charge >= 0.3 is 0 Å². The lowest BCUT2D eigenvalue weighted by Crippen LogP contribution is -2.49. The molecule has 20 heavy (non-hydrogen) atoms. The van der Waals surface area contributed by atoms with Gasteiger partial charge in [-0.15, -0.1) is 0 Å². The average Bonchev–Trinajstić information content (AvgIpc) is 2.79. The van der Waals surface area contributed by atoms with Gasteiger partial charge in [0.25, 0.3) is 0 Å². The summed E-state index contributed by atoms with van der Waals surface area (Å²) in [5.74, 6) is 0.739. The third-order valence-electron chi connectivity index (χ3n) is 4.03. The highest BCUT2D eigenvalue weighted by atomic mass is 16.1. The molecule has 106 valence electrons. The number of pyridine rings is 1. The van der Waals surface area contributed by atoms with Crippen molar-refractivity contribution in [1.29, 1.82) is 0 Å². The molecule has 3 heterocycles. The van der Waals surface area contributed by atoms with Gasteiger partial charge in [0.05, 0.1) is 5.69 Å². The number of carbonyl (C=O) groups excluding carboxylic acids is 1. The molecular weight excluding hydrogens is 252 g/mol. The lowest BCUT2D eigenvalue weighted by molar-refractivity contribution is -0.126. The maximum atomic E-state index is 12.0. The van der Waals surface area contributed by atoms with E-state index in [0.717, 1.165) is 30.9 Å². The fraction of sp³-hybridized carbons (Fsp3) is 0.467. The first-order valence-corrected chi connectivity index (χ1v) is 7.15. The summed E-state index contributed by atoms with van der Waals surface area (Å²) in [5.41, 5.74) is 1.96. The fourth-order valence-corrected chi connectivity index (χ4v) is 2.46. The number of hydrogen-bond acceptors (Lipinski definition) is 3. The Morgan fingerprint density at radius 2 is 2.40 bits per heavy atom. The zero-order valence-corrected chi connectivity index (χ0v) is 11.7. The molecule has 5 nitrogen and oxygen atoms in total. The van der Waals surface area contributed by atoms with Crippen LogP contribution in [0.3, 0.4) is 0 Å². The van der Waals surface area contributed by atoms with E-state index in [1.807, 2.05) is 41.9 Å². The summed E-state index contributed by atoms with van der Waals surface area (Å²) >= 11 is 0. The van der Waals surface area contributed by atoms with E-state index >= 15 is 0 Å². The number of nitrogens with one attached hydrogen (secondary N) is 2. The van der Waals surface area contributed by atoms with E-state index in [2.05, 4.69) is 15.6 Å². The van der Waals surface area contributed by atoms with Gasteiger partial charge < -0.3 is 15.0 Å². The van der Waals surface area contributed by atoms with Gasteiger partial charge in [-0.2, -0.15) is 0 Å². The van der Waals surface area contributed by atoms with Crippen LogP contribution in [-0.4, -0.2) is 34.9 Å². The van der Waals surface area contributed by atoms with Crippen LogP contribution in [0.15, 0.2) is 30.6 Å². The Hall–Kier alpha value is -1.88. The van der Waals surface area contributed by atoms with Crippen LogP contribution in [0.4, 0.5) is 0 Å². The molecule has 0 spiro atoms. The van der Waals surface area contributed by atoms with Gasteiger partial charge in [-0.05, 0) is 31.1 Å². The lowest BCUT2D eigenvalue weighted by Gasteiger charge is -2.31. The van der Waals surface area contributed by atoms with E-state index in [0.29, 0.717) is 12.5 Å². The van der Waals surface area contributed by atoms with Crippen molar-refractivity contribution in [3.8, 4) is 0 Å². The number of imidazole rings is 1. The van der Waals surface area contributed by atoms with Gasteiger partial charge in [0, 0.05) is 31.3 Å². The smallest absolute Gasteiger partial charge is 0.223 e. The predicted octanol–water partition coefficient (Wildman–Crippen LogP) is 0.848. The molecule has 0 saturated carbocycles. The normalized spacial score (nSPS) is 16.9. The molecule has 2 aromatic rings. The van der Waals surface area contributed by atoms with Crippen LogP contribution < -0.4 is 10.6 Å². The van der Waals surface area contributed by atoms with Crippen molar-refractivity contribution in [3.63, 3.8) is 0 Å². The molecule has 5 heteroatoms. The highest BCUT2D eigenvalue weighted by Crippen LogP contribution is 2.15. The second-order valence-corrected chi connectivity index (χ2v) is 5.45. The second kappa shape index (κ2) is 5.63. The summed E-state index contributed by atoms with van der Waals surface area (Å²) in [6.45, 7) is 4.57. The van der Waals surface area contributed by atoms with Gasteiger partial charge in [0.1, 0.15) is 5.65 Å². The molecule has 2 N–H and O–H groups in total. The van der Waals surface area contributed by atoms with E-state index in [1.165, 1.54) is 0 Å². The van der Waals surface area contributed by atoms with Gasteiger partial charge in [-0.1, -0.05) is 13.0 Å². The van der Waals surface area contributed by atoms with Crippen LogP contribution in [0.5, 0.6) is 0 Å². The standard InChI is InChI=1S/C15H20N4O/c1-11(12-8-16-9-12)15(20)17-6-5-13-10-19-7-3-2-4-14(19)18-13/h2-4,7,10-12,16H,5-6,8-9H2,1H3,(H,17,20). The number of fused-ring (bicyclic) bond motifs is 1. The lowest BCUT2D eigenvalue weighted by atomic mass is 9.88. The molecule has 1 aliphatic rings. The van der Waals surface area contributed by atoms with Gasteiger partial charge in [0.2, 0.25) is 5.91 Å². The van der Waals surface area contributed by atoms with Crippen molar-refractivity contribution < 1.29 is 4.79 Å². The zero-order chi connectivity index (χ0) is 13.9. The molecule has 0 radical (unpaired) electrons. The molecule has 1 unspecified atom stereocenters. The average molecular weight is 272 g/mol. The summed E-state index contributed by atoms with van der Waals surface area (Å²) in [6, 6.07) is 5.94. The summed E-state index contributed by atoms with van der Waals surface area (Å²) in [5, 5.41) is 6.21. The Balaban J connectivity index is 1.50. The molecule has 3 rings (SSSR count). The van der Waals surface area contributed by atoms with Crippen molar-refractivity contribution in [2.45, 2.75) is 13.3 Å². The first-order valence-electron chi connectivity index (χ1n) is 7.15. The van der Waals surface area contributed by atoms with E-state index < -0.39 is 0 Å². The summed E-state index contributed by atoms with van der Waals surface area (Å²) in [7, 11) is 0. The number of nitrogens with zero attached hydrogens (tertiary/aromatic N) is 2. The van der Waals surface area contributed by atoms with Crippen molar-refractivity contribution in [2.24, 2.45) is 11.8 Å². The maximum Gasteiger partial charge on any atom is 0.223 e. The Morgan fingerprint density at radius 1 is 1.55 bits per heavy atom. The molecule has 1 fully saturated rings. The summed E-state index contributed by atoms with van der Waals surface area (Å²) in [6.07, 6.45) is 4.76. The van der Waals surface area contributed by atoms with Crippen LogP contribution >= 0.6 is 0 Å². The van der Waals surface area contributed by atoms with Crippen LogP contribution in [0.1, 0.15) is 12.6 Å². The Bertz CT molecular complexity index is 570. The van der Waals surface area contributed by atoms with Crippen molar-refractivity contribution in [1.82, 2.24) is 20.0 Å². The Labute approximate surface area is 118 Å². The third kappa shape index (κ3) is 2.67. The number of rotatable bonds is 5. The maximum absolute atomic E-state index is 12.0. The minimum atomic E-state index is 0.0947. The van der Waals surface area contributed by atoms with Gasteiger partial charge in [-0.3, -0.25) is 4.79 Å². The number of carbonyl (C=O) groups is 1. The minimum absolute atomic E-state index is 0.0947. The number of amides is 1. The molecule has 2 aromatic heterocycles. The second-order valence-electron chi connectivity index (χ2n) is 5.45. The van der Waals surface area contributed by atoms with Crippen molar-refractivity contribution in [3.05, 3.63) is 36.3 Å². The van der Waals surface area contributed by atoms with E-state index in [1.54, 1.807) is 0 Å². The highest BCUT2D eigenvalue weighted by molar-refractivity contribution is 5.78. The van der Waals surface area contributed by atoms with E-state index in [9.17, 15) is 4.79 Å². The molecule has 1 aliphatic heterocycles. The highest BCUT2D eigenvalue weighted by Gasteiger charge is 2.28. The van der Waals surface area contributed by atoms with Gasteiger partial charge in [0.15, 0.2) is 0 Å². The molecule has 1 amide bonds. The monoisotopic (exact) mass is 272 g/mol.